The van der Waals surface area contributed by atoms with E-state index in [-0.39, 0.29) is 12.1 Å². The first-order valence-corrected chi connectivity index (χ1v) is 7.91. The zero-order chi connectivity index (χ0) is 17.8. The summed E-state index contributed by atoms with van der Waals surface area (Å²) in [5, 5.41) is 0. The predicted molar refractivity (Wildman–Crippen MR) is 94.0 cm³/mol. The molecule has 1 saturated heterocycles. The van der Waals surface area contributed by atoms with Crippen molar-refractivity contribution in [2.75, 3.05) is 28.4 Å². The first-order valence-electron chi connectivity index (χ1n) is 7.91. The van der Waals surface area contributed by atoms with Crippen molar-refractivity contribution >= 4 is 0 Å². The van der Waals surface area contributed by atoms with E-state index in [2.05, 4.69) is 16.4 Å². The van der Waals surface area contributed by atoms with Gasteiger partial charge in [-0.1, -0.05) is 12.1 Å². The monoisotopic (exact) mass is 345 g/mol. The van der Waals surface area contributed by atoms with Crippen LogP contribution < -0.4 is 35.3 Å². The molecule has 0 radical (unpaired) electrons. The molecule has 1 aliphatic rings. The Labute approximate surface area is 147 Å². The molecule has 0 aromatic heterocycles. The molecule has 3 N–H and O–H groups in total. The summed E-state index contributed by atoms with van der Waals surface area (Å²) in [7, 11) is 6.48. The van der Waals surface area contributed by atoms with Gasteiger partial charge in [-0.3, -0.25) is 0 Å². The number of methoxy groups -OCH3 is 4. The van der Waals surface area contributed by atoms with E-state index in [0.717, 1.165) is 16.9 Å². The number of rotatable bonds is 6. The van der Waals surface area contributed by atoms with Crippen LogP contribution in [0.4, 0.5) is 0 Å². The zero-order valence-electron chi connectivity index (χ0n) is 14.8. The third-order valence-electron chi connectivity index (χ3n) is 4.31. The van der Waals surface area contributed by atoms with Crippen LogP contribution in [0.25, 0.3) is 0 Å². The van der Waals surface area contributed by atoms with E-state index in [0.29, 0.717) is 17.2 Å². The summed E-state index contributed by atoms with van der Waals surface area (Å²) in [5.41, 5.74) is 11.6. The van der Waals surface area contributed by atoms with Crippen molar-refractivity contribution in [1.29, 1.82) is 0 Å². The van der Waals surface area contributed by atoms with E-state index in [9.17, 15) is 0 Å². The zero-order valence-corrected chi connectivity index (χ0v) is 14.8. The van der Waals surface area contributed by atoms with E-state index in [1.807, 2.05) is 36.4 Å². The number of hydrazine groups is 2. The normalized spacial score (nSPS) is 19.5. The fourth-order valence-corrected chi connectivity index (χ4v) is 3.01. The maximum Gasteiger partial charge on any atom is 0.203 e. The molecular formula is C18H23N3O4. The first kappa shape index (κ1) is 17.3. The Morgan fingerprint density at radius 1 is 0.680 bits per heavy atom. The lowest BCUT2D eigenvalue weighted by atomic mass is 9.94. The molecule has 0 spiro atoms. The highest BCUT2D eigenvalue weighted by Crippen LogP contribution is 2.42. The lowest BCUT2D eigenvalue weighted by molar-refractivity contribution is 0.323. The minimum atomic E-state index is -0.0258. The average Bonchev–Trinajstić information content (AvgIpc) is 3.16. The molecule has 2 unspecified atom stereocenters. The van der Waals surface area contributed by atoms with Crippen LogP contribution in [-0.4, -0.2) is 28.4 Å². The second-order valence-electron chi connectivity index (χ2n) is 5.60. The molecule has 1 heterocycles. The Bertz CT molecular complexity index is 696. The van der Waals surface area contributed by atoms with E-state index in [1.54, 1.807) is 28.4 Å². The third-order valence-corrected chi connectivity index (χ3v) is 4.31. The van der Waals surface area contributed by atoms with Gasteiger partial charge in [0, 0.05) is 0 Å². The lowest BCUT2D eigenvalue weighted by Crippen LogP contribution is -2.31. The van der Waals surface area contributed by atoms with Crippen LogP contribution in [0.15, 0.2) is 36.4 Å². The SMILES string of the molecule is COc1ccc(C2NNNC2c2cc(OC)c(OC)c(OC)c2)cc1. The lowest BCUT2D eigenvalue weighted by Gasteiger charge is -2.21. The highest BCUT2D eigenvalue weighted by Gasteiger charge is 2.31. The maximum absolute atomic E-state index is 5.46. The third kappa shape index (κ3) is 3.34. The van der Waals surface area contributed by atoms with Crippen LogP contribution in [0.5, 0.6) is 23.0 Å². The van der Waals surface area contributed by atoms with E-state index < -0.39 is 0 Å². The van der Waals surface area contributed by atoms with Gasteiger partial charge in [0.15, 0.2) is 11.5 Å². The minimum absolute atomic E-state index is 0.0220. The maximum atomic E-state index is 5.46. The number of hydrogen-bond donors (Lipinski definition) is 3. The van der Waals surface area contributed by atoms with Crippen LogP contribution in [0.1, 0.15) is 23.2 Å². The number of benzene rings is 2. The Kier molecular flexibility index (Phi) is 5.28. The Hall–Kier alpha value is -2.48. The molecule has 1 fully saturated rings. The molecule has 0 saturated carbocycles. The molecule has 134 valence electrons. The van der Waals surface area contributed by atoms with Crippen molar-refractivity contribution in [2.24, 2.45) is 0 Å². The quantitative estimate of drug-likeness (QED) is 0.740. The fraction of sp³-hybridized carbons (Fsp3) is 0.333. The van der Waals surface area contributed by atoms with Gasteiger partial charge < -0.3 is 18.9 Å². The summed E-state index contributed by atoms with van der Waals surface area (Å²) in [6.45, 7) is 0. The van der Waals surface area contributed by atoms with Gasteiger partial charge in [0.05, 0.1) is 40.5 Å². The van der Waals surface area contributed by atoms with Gasteiger partial charge in [-0.05, 0) is 35.4 Å². The molecule has 7 heteroatoms. The topological polar surface area (TPSA) is 73.0 Å². The highest BCUT2D eigenvalue weighted by molar-refractivity contribution is 5.55. The van der Waals surface area contributed by atoms with Crippen molar-refractivity contribution in [3.63, 3.8) is 0 Å². The van der Waals surface area contributed by atoms with E-state index in [4.69, 9.17) is 18.9 Å². The van der Waals surface area contributed by atoms with Gasteiger partial charge in [0.25, 0.3) is 0 Å². The van der Waals surface area contributed by atoms with Crippen molar-refractivity contribution < 1.29 is 18.9 Å². The summed E-state index contributed by atoms with van der Waals surface area (Å²) in [5.74, 6) is 2.65. The van der Waals surface area contributed by atoms with Crippen LogP contribution >= 0.6 is 0 Å². The van der Waals surface area contributed by atoms with Crippen LogP contribution in [0.3, 0.4) is 0 Å². The number of ether oxygens (including phenoxy) is 4. The molecule has 3 rings (SSSR count). The molecule has 2 atom stereocenters. The Morgan fingerprint density at radius 3 is 1.72 bits per heavy atom. The molecular weight excluding hydrogens is 322 g/mol. The van der Waals surface area contributed by atoms with E-state index >= 15 is 0 Å². The van der Waals surface area contributed by atoms with Gasteiger partial charge in [-0.25, -0.2) is 10.9 Å². The average molecular weight is 345 g/mol. The summed E-state index contributed by atoms with van der Waals surface area (Å²) in [6.07, 6.45) is 0. The molecule has 1 aliphatic heterocycles. The molecule has 2 aromatic rings. The molecule has 7 nitrogen and oxygen atoms in total. The highest BCUT2D eigenvalue weighted by atomic mass is 16.5. The molecule has 2 aromatic carbocycles. The van der Waals surface area contributed by atoms with Crippen LogP contribution in [0.2, 0.25) is 0 Å². The van der Waals surface area contributed by atoms with E-state index in [1.165, 1.54) is 0 Å². The molecule has 0 bridgehead atoms. The summed E-state index contributed by atoms with van der Waals surface area (Å²) in [4.78, 5) is 0. The van der Waals surface area contributed by atoms with Gasteiger partial charge in [-0.2, -0.15) is 5.53 Å². The Morgan fingerprint density at radius 2 is 1.24 bits per heavy atom. The van der Waals surface area contributed by atoms with Crippen molar-refractivity contribution in [3.8, 4) is 23.0 Å². The van der Waals surface area contributed by atoms with Crippen LogP contribution in [0, 0.1) is 0 Å². The van der Waals surface area contributed by atoms with Crippen LogP contribution in [-0.2, 0) is 0 Å². The van der Waals surface area contributed by atoms with Crippen molar-refractivity contribution in [1.82, 2.24) is 16.4 Å². The smallest absolute Gasteiger partial charge is 0.203 e. The van der Waals surface area contributed by atoms with Gasteiger partial charge in [0.1, 0.15) is 5.75 Å². The number of nitrogens with one attached hydrogen (secondary N) is 3. The molecule has 25 heavy (non-hydrogen) atoms. The standard InChI is InChI=1S/C18H23N3O4/c1-22-13-7-5-11(6-8-13)16-17(20-21-19-16)12-9-14(23-2)18(25-4)15(10-12)24-3/h5-10,16-17,19-21H,1-4H3. The summed E-state index contributed by atoms with van der Waals surface area (Å²) >= 11 is 0. The van der Waals surface area contributed by atoms with Crippen molar-refractivity contribution in [3.05, 3.63) is 47.5 Å². The second-order valence-corrected chi connectivity index (χ2v) is 5.60. The fourth-order valence-electron chi connectivity index (χ4n) is 3.01. The first-order chi connectivity index (χ1) is 12.2. The molecule has 0 aliphatic carbocycles. The van der Waals surface area contributed by atoms with Gasteiger partial charge in [-0.15, -0.1) is 0 Å². The van der Waals surface area contributed by atoms with Gasteiger partial charge >= 0.3 is 0 Å². The largest absolute Gasteiger partial charge is 0.497 e. The minimum Gasteiger partial charge on any atom is -0.497 e. The summed E-state index contributed by atoms with van der Waals surface area (Å²) < 4.78 is 21.5. The Balaban J connectivity index is 1.96. The number of hydrogen-bond acceptors (Lipinski definition) is 7. The van der Waals surface area contributed by atoms with Gasteiger partial charge in [0.2, 0.25) is 5.75 Å². The second kappa shape index (κ2) is 7.60. The summed E-state index contributed by atoms with van der Waals surface area (Å²) in [6, 6.07) is 11.9. The predicted octanol–water partition coefficient (Wildman–Crippen LogP) is 2.12. The van der Waals surface area contributed by atoms with Crippen molar-refractivity contribution in [2.45, 2.75) is 12.1 Å². The molecule has 0 amide bonds.